The van der Waals surface area contributed by atoms with Gasteiger partial charge in [0.25, 0.3) is 14.4 Å². The minimum absolute atomic E-state index is 0.0844. The van der Waals surface area contributed by atoms with E-state index in [0.29, 0.717) is 16.5 Å². The Morgan fingerprint density at radius 2 is 1.93 bits per heavy atom. The minimum atomic E-state index is -4.10. The van der Waals surface area contributed by atoms with Crippen LogP contribution in [-0.4, -0.2) is 31.6 Å². The topological polar surface area (TPSA) is 120 Å². The van der Waals surface area contributed by atoms with Crippen LogP contribution in [0, 0.1) is 0 Å². The molecule has 0 bridgehead atoms. The summed E-state index contributed by atoms with van der Waals surface area (Å²) in [7, 11) is -2.57. The molecule has 30 heavy (non-hydrogen) atoms. The average molecular weight is 469 g/mol. The summed E-state index contributed by atoms with van der Waals surface area (Å²) in [4.78, 5) is 11.5. The third kappa shape index (κ3) is 5.38. The number of aromatic nitrogens is 2. The summed E-state index contributed by atoms with van der Waals surface area (Å²) in [5.74, 6) is 0.948. The van der Waals surface area contributed by atoms with Gasteiger partial charge in [-0.1, -0.05) is 35.9 Å². The molecule has 0 saturated carbocycles. The number of hydrogen-bond donors (Lipinski definition) is 2. The van der Waals surface area contributed by atoms with Gasteiger partial charge in [0.2, 0.25) is 11.0 Å². The maximum atomic E-state index is 12.8. The van der Waals surface area contributed by atoms with Gasteiger partial charge in [0.05, 0.1) is 12.8 Å². The molecule has 1 heterocycles. The average Bonchev–Trinajstić information content (AvgIpc) is 3.19. The molecule has 2 aromatic carbocycles. The predicted molar refractivity (Wildman–Crippen MR) is 114 cm³/mol. The molecule has 0 spiro atoms. The van der Waals surface area contributed by atoms with Crippen LogP contribution in [0.2, 0.25) is 5.02 Å². The second-order valence-electron chi connectivity index (χ2n) is 5.80. The van der Waals surface area contributed by atoms with Crippen molar-refractivity contribution in [2.24, 2.45) is 0 Å². The van der Waals surface area contributed by atoms with E-state index in [1.54, 1.807) is 37.3 Å². The van der Waals surface area contributed by atoms with Crippen molar-refractivity contribution in [3.8, 4) is 17.2 Å². The van der Waals surface area contributed by atoms with Crippen LogP contribution < -0.4 is 19.5 Å². The smallest absolute Gasteiger partial charge is 0.291 e. The summed E-state index contributed by atoms with van der Waals surface area (Å²) >= 11 is 6.76. The Hall–Kier alpha value is -2.89. The van der Waals surface area contributed by atoms with E-state index in [1.165, 1.54) is 19.2 Å². The highest BCUT2D eigenvalue weighted by Gasteiger charge is 2.23. The summed E-state index contributed by atoms with van der Waals surface area (Å²) in [6, 6.07) is 11.4. The van der Waals surface area contributed by atoms with Crippen LogP contribution in [0.4, 0.5) is 10.8 Å². The fraction of sp³-hybridized carbons (Fsp3) is 0.167. The number of anilines is 2. The number of amides is 1. The lowest BCUT2D eigenvalue weighted by Crippen LogP contribution is -2.13. The van der Waals surface area contributed by atoms with Crippen LogP contribution in [0.25, 0.3) is 0 Å². The lowest BCUT2D eigenvalue weighted by molar-refractivity contribution is -0.115. The van der Waals surface area contributed by atoms with Crippen LogP contribution in [0.15, 0.2) is 46.8 Å². The first kappa shape index (κ1) is 21.8. The van der Waals surface area contributed by atoms with Gasteiger partial charge >= 0.3 is 0 Å². The van der Waals surface area contributed by atoms with E-state index < -0.39 is 10.0 Å². The number of nitrogens with one attached hydrogen (secondary N) is 2. The molecule has 0 saturated heterocycles. The highest BCUT2D eigenvalue weighted by atomic mass is 35.5. The SMILES string of the molecule is CCC(=O)Nc1nnc(S(=O)(=O)Nc2cc(Cl)ccc2Oc2cccc(OC)c2)s1. The number of ether oxygens (including phenoxy) is 2. The third-order valence-electron chi connectivity index (χ3n) is 3.66. The van der Waals surface area contributed by atoms with Crippen molar-refractivity contribution in [3.63, 3.8) is 0 Å². The van der Waals surface area contributed by atoms with Crippen LogP contribution in [0.5, 0.6) is 17.2 Å². The fourth-order valence-corrected chi connectivity index (χ4v) is 4.38. The molecular formula is C18H17ClN4O5S2. The van der Waals surface area contributed by atoms with Gasteiger partial charge in [0, 0.05) is 17.5 Å². The van der Waals surface area contributed by atoms with Gasteiger partial charge in [0.1, 0.15) is 11.5 Å². The second-order valence-corrected chi connectivity index (χ2v) is 9.07. The number of halogens is 1. The third-order valence-corrected chi connectivity index (χ3v) is 6.47. The maximum absolute atomic E-state index is 12.8. The van der Waals surface area contributed by atoms with Gasteiger partial charge < -0.3 is 14.8 Å². The minimum Gasteiger partial charge on any atom is -0.497 e. The molecule has 3 rings (SSSR count). The maximum Gasteiger partial charge on any atom is 0.291 e. The first-order chi connectivity index (χ1) is 14.3. The molecule has 0 fully saturated rings. The van der Waals surface area contributed by atoms with Gasteiger partial charge in [-0.3, -0.25) is 9.52 Å². The van der Waals surface area contributed by atoms with E-state index in [4.69, 9.17) is 21.1 Å². The van der Waals surface area contributed by atoms with E-state index in [9.17, 15) is 13.2 Å². The van der Waals surface area contributed by atoms with Crippen LogP contribution >= 0.6 is 22.9 Å². The van der Waals surface area contributed by atoms with Gasteiger partial charge in [-0.15, -0.1) is 10.2 Å². The molecule has 0 aliphatic rings. The van der Waals surface area contributed by atoms with Crippen LogP contribution in [0.3, 0.4) is 0 Å². The lowest BCUT2D eigenvalue weighted by atomic mass is 10.3. The molecule has 158 valence electrons. The Balaban J connectivity index is 1.86. The standard InChI is InChI=1S/C18H17ClN4O5S2/c1-3-16(24)20-17-21-22-18(29-17)30(25,26)23-14-9-11(19)7-8-15(14)28-13-6-4-5-12(10-13)27-2/h4-10,23H,3H2,1-2H3,(H,20,21,24). The number of nitrogens with zero attached hydrogens (tertiary/aromatic N) is 2. The van der Waals surface area contributed by atoms with E-state index in [-0.39, 0.29) is 33.2 Å². The molecule has 12 heteroatoms. The van der Waals surface area contributed by atoms with Crippen molar-refractivity contribution in [2.45, 2.75) is 17.7 Å². The summed E-state index contributed by atoms with van der Waals surface area (Å²) in [5, 5.41) is 10.2. The van der Waals surface area contributed by atoms with E-state index >= 15 is 0 Å². The number of methoxy groups -OCH3 is 1. The Morgan fingerprint density at radius 1 is 1.17 bits per heavy atom. The molecule has 1 aromatic heterocycles. The zero-order valence-corrected chi connectivity index (χ0v) is 18.3. The van der Waals surface area contributed by atoms with Gasteiger partial charge in [-0.05, 0) is 30.3 Å². The van der Waals surface area contributed by atoms with Crippen molar-refractivity contribution in [3.05, 3.63) is 47.5 Å². The monoisotopic (exact) mass is 468 g/mol. The van der Waals surface area contributed by atoms with Crippen molar-refractivity contribution in [2.75, 3.05) is 17.1 Å². The largest absolute Gasteiger partial charge is 0.497 e. The molecule has 2 N–H and O–H groups in total. The van der Waals surface area contributed by atoms with Crippen molar-refractivity contribution >= 4 is 49.7 Å². The van der Waals surface area contributed by atoms with Gasteiger partial charge in [-0.2, -0.15) is 8.42 Å². The number of carbonyl (C=O) groups excluding carboxylic acids is 1. The van der Waals surface area contributed by atoms with Crippen molar-refractivity contribution < 1.29 is 22.7 Å². The summed E-state index contributed by atoms with van der Waals surface area (Å²) in [6.07, 6.45) is 0.230. The Labute approximate surface area is 182 Å². The predicted octanol–water partition coefficient (Wildman–Crippen LogP) is 4.14. The quantitative estimate of drug-likeness (QED) is 0.476. The Morgan fingerprint density at radius 3 is 2.67 bits per heavy atom. The number of hydrogen-bond acceptors (Lipinski definition) is 8. The highest BCUT2D eigenvalue weighted by molar-refractivity contribution is 7.94. The van der Waals surface area contributed by atoms with Crippen LogP contribution in [-0.2, 0) is 14.8 Å². The number of benzene rings is 2. The number of carbonyl (C=O) groups is 1. The molecule has 0 atom stereocenters. The van der Waals surface area contributed by atoms with E-state index in [0.717, 1.165) is 11.3 Å². The summed E-state index contributed by atoms with van der Waals surface area (Å²) in [5.41, 5.74) is 0.111. The molecule has 3 aromatic rings. The van der Waals surface area contributed by atoms with Crippen LogP contribution in [0.1, 0.15) is 13.3 Å². The molecular weight excluding hydrogens is 452 g/mol. The molecule has 1 amide bonds. The Bertz CT molecular complexity index is 1170. The molecule has 0 aliphatic carbocycles. The summed E-state index contributed by atoms with van der Waals surface area (Å²) < 4.78 is 38.6. The van der Waals surface area contributed by atoms with Crippen molar-refractivity contribution in [1.82, 2.24) is 10.2 Å². The molecule has 0 unspecified atom stereocenters. The highest BCUT2D eigenvalue weighted by Crippen LogP contribution is 2.35. The van der Waals surface area contributed by atoms with E-state index in [2.05, 4.69) is 20.2 Å². The normalized spacial score (nSPS) is 11.0. The number of sulfonamides is 1. The molecule has 0 aliphatic heterocycles. The van der Waals surface area contributed by atoms with Gasteiger partial charge in [0.15, 0.2) is 5.75 Å². The Kier molecular flexibility index (Phi) is 6.75. The van der Waals surface area contributed by atoms with Crippen molar-refractivity contribution in [1.29, 1.82) is 0 Å². The van der Waals surface area contributed by atoms with Gasteiger partial charge in [-0.25, -0.2) is 0 Å². The summed E-state index contributed by atoms with van der Waals surface area (Å²) in [6.45, 7) is 1.67. The van der Waals surface area contributed by atoms with E-state index in [1.807, 2.05) is 0 Å². The zero-order valence-electron chi connectivity index (χ0n) is 15.9. The lowest BCUT2D eigenvalue weighted by Gasteiger charge is -2.13. The number of rotatable bonds is 8. The molecule has 9 nitrogen and oxygen atoms in total. The second kappa shape index (κ2) is 9.28. The molecule has 0 radical (unpaired) electrons. The fourth-order valence-electron chi connectivity index (χ4n) is 2.23. The first-order valence-corrected chi connectivity index (χ1v) is 11.3. The first-order valence-electron chi connectivity index (χ1n) is 8.58. The zero-order chi connectivity index (χ0) is 21.7.